The fraction of sp³-hybridized carbons (Fsp3) is 0.500. The topological polar surface area (TPSA) is 106 Å². The van der Waals surface area contributed by atoms with Crippen LogP contribution in [0.3, 0.4) is 0 Å². The molecule has 0 saturated heterocycles. The highest BCUT2D eigenvalue weighted by molar-refractivity contribution is 5.65. The third kappa shape index (κ3) is 3.09. The summed E-state index contributed by atoms with van der Waals surface area (Å²) in [5.41, 5.74) is 6.41. The Morgan fingerprint density at radius 1 is 1.48 bits per heavy atom. The summed E-state index contributed by atoms with van der Waals surface area (Å²) in [6.07, 6.45) is -4.22. The van der Waals surface area contributed by atoms with E-state index < -0.39 is 37.7 Å². The Balaban J connectivity index is 2.29. The van der Waals surface area contributed by atoms with E-state index in [1.807, 2.05) is 0 Å². The van der Waals surface area contributed by atoms with Crippen molar-refractivity contribution in [2.45, 2.75) is 25.2 Å². The predicted molar refractivity (Wildman–Crippen MR) is 69.7 cm³/mol. The number of alkyl halides is 1. The van der Waals surface area contributed by atoms with E-state index in [0.29, 0.717) is 11.2 Å². The van der Waals surface area contributed by atoms with Gasteiger partial charge in [0.15, 0.2) is 5.82 Å². The summed E-state index contributed by atoms with van der Waals surface area (Å²) in [5, 5.41) is 22.1. The van der Waals surface area contributed by atoms with E-state index in [9.17, 15) is 13.9 Å². The number of ether oxygens (including phenoxy) is 1. The number of hydrogen-bond acceptors (Lipinski definition) is 6. The Morgan fingerprint density at radius 2 is 2.19 bits per heavy atom. The molecule has 0 amide bonds. The molecule has 2 aromatic heterocycles. The number of nitrogens with two attached hydrogens (primary N) is 1. The van der Waals surface area contributed by atoms with E-state index in [1.54, 1.807) is 19.1 Å². The van der Waals surface area contributed by atoms with Crippen molar-refractivity contribution < 1.29 is 23.7 Å². The van der Waals surface area contributed by atoms with Gasteiger partial charge < -0.3 is 20.7 Å². The zero-order valence-electron chi connectivity index (χ0n) is 11.3. The normalized spacial score (nSPS) is 16.0. The number of nitrogen functional groups attached to an aromatic ring is 1. The molecular weight excluding hydrogens is 286 g/mol. The first-order valence-electron chi connectivity index (χ1n) is 6.29. The van der Waals surface area contributed by atoms with Gasteiger partial charge in [0, 0.05) is 0 Å². The second-order valence-corrected chi connectivity index (χ2v) is 4.54. The van der Waals surface area contributed by atoms with Gasteiger partial charge in [0.1, 0.15) is 24.4 Å². The van der Waals surface area contributed by atoms with Gasteiger partial charge in [0.25, 0.3) is 0 Å². The van der Waals surface area contributed by atoms with Crippen LogP contribution in [-0.4, -0.2) is 50.3 Å². The molecule has 2 heterocycles. The van der Waals surface area contributed by atoms with Gasteiger partial charge >= 0.3 is 6.08 Å². The van der Waals surface area contributed by atoms with Gasteiger partial charge in [0.2, 0.25) is 0 Å². The lowest BCUT2D eigenvalue weighted by molar-refractivity contribution is -0.100. The Bertz CT molecular complexity index is 622. The van der Waals surface area contributed by atoms with Crippen LogP contribution in [0.25, 0.3) is 5.52 Å². The number of fused-ring (bicyclic) bond motifs is 1. The van der Waals surface area contributed by atoms with Crippen LogP contribution in [0.2, 0.25) is 0 Å². The number of hydrogen-bond donors (Lipinski definition) is 3. The highest BCUT2D eigenvalue weighted by atomic mass is 19.1. The molecule has 0 saturated carbocycles. The summed E-state index contributed by atoms with van der Waals surface area (Å²) in [6, 6.07) is 3.18. The van der Waals surface area contributed by atoms with Gasteiger partial charge in [-0.3, -0.25) is 0 Å². The zero-order valence-corrected chi connectivity index (χ0v) is 11.3. The maximum atomic E-state index is 13.2. The minimum absolute atomic E-state index is 0.0246. The average Bonchev–Trinajstić information content (AvgIpc) is 2.87. The minimum Gasteiger partial charge on any atom is -0.394 e. The molecule has 116 valence electrons. The molecule has 0 aliphatic heterocycles. The first-order valence-corrected chi connectivity index (χ1v) is 6.29. The van der Waals surface area contributed by atoms with E-state index >= 15 is 0 Å². The average molecular weight is 302 g/mol. The highest BCUT2D eigenvalue weighted by Crippen LogP contribution is 2.23. The van der Waals surface area contributed by atoms with E-state index in [4.69, 9.17) is 15.6 Å². The van der Waals surface area contributed by atoms with Crippen LogP contribution >= 0.6 is 0 Å². The van der Waals surface area contributed by atoms with Crippen LogP contribution in [0.5, 0.6) is 0 Å². The molecule has 0 aliphatic carbocycles. The van der Waals surface area contributed by atoms with E-state index in [-0.39, 0.29) is 5.82 Å². The minimum atomic E-state index is -1.44. The number of aliphatic hydroxyl groups excluding tert-OH is 2. The Kier molecular flexibility index (Phi) is 4.66. The van der Waals surface area contributed by atoms with Crippen molar-refractivity contribution in [2.24, 2.45) is 0 Å². The molecule has 21 heavy (non-hydrogen) atoms. The van der Waals surface area contributed by atoms with E-state index in [1.165, 1.54) is 4.52 Å². The van der Waals surface area contributed by atoms with Gasteiger partial charge in [-0.1, -0.05) is 0 Å². The van der Waals surface area contributed by atoms with Crippen LogP contribution in [0, 0.1) is 6.08 Å². The molecule has 3 atom stereocenters. The van der Waals surface area contributed by atoms with Crippen molar-refractivity contribution >= 4 is 11.3 Å². The van der Waals surface area contributed by atoms with Crippen molar-refractivity contribution in [1.82, 2.24) is 14.6 Å². The number of anilines is 1. The molecule has 7 nitrogen and oxygen atoms in total. The number of nitrogens with zero attached hydrogens (tertiary/aromatic N) is 3. The molecule has 2 aromatic rings. The highest BCUT2D eigenvalue weighted by Gasteiger charge is 2.24. The SMILES string of the molecule is CC(O[C@H](CO)[C@@H](O)CF)c1ccc2c(N)nc(F)nn12. The Labute approximate surface area is 119 Å². The smallest absolute Gasteiger partial charge is 0.327 e. The van der Waals surface area contributed by atoms with Gasteiger partial charge in [-0.25, -0.2) is 8.91 Å². The Hall–Kier alpha value is -1.84. The lowest BCUT2D eigenvalue weighted by atomic mass is 10.2. The van der Waals surface area contributed by atoms with Gasteiger partial charge in [-0.15, -0.1) is 5.10 Å². The van der Waals surface area contributed by atoms with Crippen LogP contribution in [0.1, 0.15) is 18.7 Å². The Morgan fingerprint density at radius 3 is 2.81 bits per heavy atom. The molecule has 0 aliphatic rings. The van der Waals surface area contributed by atoms with Gasteiger partial charge in [-0.05, 0) is 19.1 Å². The van der Waals surface area contributed by atoms with Crippen molar-refractivity contribution in [3.05, 3.63) is 23.9 Å². The van der Waals surface area contributed by atoms with Crippen LogP contribution in [0.15, 0.2) is 12.1 Å². The molecule has 0 bridgehead atoms. The van der Waals surface area contributed by atoms with E-state index in [2.05, 4.69) is 10.1 Å². The van der Waals surface area contributed by atoms with Crippen molar-refractivity contribution in [3.8, 4) is 0 Å². The van der Waals surface area contributed by atoms with Crippen molar-refractivity contribution in [1.29, 1.82) is 0 Å². The molecule has 0 spiro atoms. The second kappa shape index (κ2) is 6.29. The number of halogens is 2. The maximum absolute atomic E-state index is 13.2. The summed E-state index contributed by atoms with van der Waals surface area (Å²) in [5.74, 6) is -0.0246. The number of rotatable bonds is 6. The summed E-state index contributed by atoms with van der Waals surface area (Å²) >= 11 is 0. The number of aromatic nitrogens is 3. The molecular formula is C12H16F2N4O3. The van der Waals surface area contributed by atoms with E-state index in [0.717, 1.165) is 0 Å². The number of aliphatic hydroxyl groups is 2. The third-order valence-electron chi connectivity index (χ3n) is 3.11. The summed E-state index contributed by atoms with van der Waals surface area (Å²) < 4.78 is 32.3. The molecule has 2 rings (SSSR count). The molecule has 0 fully saturated rings. The molecule has 0 aromatic carbocycles. The van der Waals surface area contributed by atoms with Crippen molar-refractivity contribution in [3.63, 3.8) is 0 Å². The quantitative estimate of drug-likeness (QED) is 0.705. The molecule has 9 heteroatoms. The van der Waals surface area contributed by atoms with Gasteiger partial charge in [-0.2, -0.15) is 9.37 Å². The summed E-state index contributed by atoms with van der Waals surface area (Å²) in [6.45, 7) is 0.00635. The maximum Gasteiger partial charge on any atom is 0.327 e. The largest absolute Gasteiger partial charge is 0.394 e. The first-order chi connectivity index (χ1) is 9.97. The fourth-order valence-corrected chi connectivity index (χ4v) is 2.01. The standard InChI is InChI=1S/C12H16F2N4O3/c1-6(21-10(5-19)9(20)4-13)7-2-3-8-11(15)16-12(14)17-18(7)8/h2-3,6,9-10,19-20H,4-5H2,1H3,(H2,15,16,17)/t6?,9-,10+/m0/s1. The monoisotopic (exact) mass is 302 g/mol. The zero-order chi connectivity index (χ0) is 15.6. The van der Waals surface area contributed by atoms with Crippen LogP contribution in [-0.2, 0) is 4.74 Å². The van der Waals surface area contributed by atoms with Crippen LogP contribution < -0.4 is 5.73 Å². The lowest BCUT2D eigenvalue weighted by Gasteiger charge is -2.23. The van der Waals surface area contributed by atoms with Crippen molar-refractivity contribution in [2.75, 3.05) is 19.0 Å². The first kappa shape index (κ1) is 15.5. The lowest BCUT2D eigenvalue weighted by Crippen LogP contribution is -2.35. The fourth-order valence-electron chi connectivity index (χ4n) is 2.01. The third-order valence-corrected chi connectivity index (χ3v) is 3.11. The summed E-state index contributed by atoms with van der Waals surface area (Å²) in [4.78, 5) is 3.40. The molecule has 4 N–H and O–H groups in total. The van der Waals surface area contributed by atoms with Crippen LogP contribution in [0.4, 0.5) is 14.6 Å². The second-order valence-electron chi connectivity index (χ2n) is 4.54. The molecule has 0 radical (unpaired) electrons. The predicted octanol–water partition coefficient (Wildman–Crippen LogP) is 0.220. The molecule has 1 unspecified atom stereocenters. The van der Waals surface area contributed by atoms with Gasteiger partial charge in [0.05, 0.1) is 18.4 Å². The summed E-state index contributed by atoms with van der Waals surface area (Å²) in [7, 11) is 0.